The van der Waals surface area contributed by atoms with Crippen molar-refractivity contribution in [2.75, 3.05) is 0 Å². The van der Waals surface area contributed by atoms with Crippen molar-refractivity contribution in [2.24, 2.45) is 11.7 Å². The molecule has 3 N–H and O–H groups in total. The van der Waals surface area contributed by atoms with Crippen LogP contribution in [0, 0.1) is 5.92 Å². The van der Waals surface area contributed by atoms with Crippen LogP contribution < -0.4 is 5.73 Å². The predicted molar refractivity (Wildman–Crippen MR) is 92.1 cm³/mol. The third kappa shape index (κ3) is 3.58. The van der Waals surface area contributed by atoms with E-state index in [2.05, 4.69) is 0 Å². The van der Waals surface area contributed by atoms with Gasteiger partial charge in [-0.15, -0.1) is 0 Å². The minimum absolute atomic E-state index is 0.121. The molecule has 1 aliphatic rings. The van der Waals surface area contributed by atoms with Crippen LogP contribution in [0.3, 0.4) is 0 Å². The second kappa shape index (κ2) is 6.59. The zero-order valence-corrected chi connectivity index (χ0v) is 14.2. The van der Waals surface area contributed by atoms with E-state index in [1.165, 1.54) is 0 Å². The fourth-order valence-electron chi connectivity index (χ4n) is 3.24. The highest BCUT2D eigenvalue weighted by Crippen LogP contribution is 2.37. The summed E-state index contributed by atoms with van der Waals surface area (Å²) in [6, 6.07) is 18.2. The van der Waals surface area contributed by atoms with Gasteiger partial charge >= 0.3 is 16.1 Å². The van der Waals surface area contributed by atoms with E-state index in [4.69, 9.17) is 10.5 Å². The Bertz CT molecular complexity index is 854. The summed E-state index contributed by atoms with van der Waals surface area (Å²) in [5.41, 5.74) is 4.74. The highest BCUT2D eigenvalue weighted by molar-refractivity contribution is 7.86. The maximum Gasteiger partial charge on any atom is 0.328 e. The Morgan fingerprint density at radius 3 is 2.04 bits per heavy atom. The number of hydrogen-bond acceptors (Lipinski definition) is 5. The molecule has 1 fully saturated rings. The molecule has 3 rings (SSSR count). The molecule has 0 radical (unpaired) electrons. The Balaban J connectivity index is 1.99. The average molecular weight is 361 g/mol. The van der Waals surface area contributed by atoms with Gasteiger partial charge in [-0.25, -0.2) is 4.79 Å². The monoisotopic (exact) mass is 361 g/mol. The zero-order valence-electron chi connectivity index (χ0n) is 13.4. The molecular formula is C18H19NO5S. The van der Waals surface area contributed by atoms with Crippen LogP contribution >= 0.6 is 0 Å². The summed E-state index contributed by atoms with van der Waals surface area (Å²) < 4.78 is 38.0. The highest BCUT2D eigenvalue weighted by Gasteiger charge is 2.58. The summed E-state index contributed by atoms with van der Waals surface area (Å²) in [6.07, 6.45) is 0.316. The fourth-order valence-corrected chi connectivity index (χ4v) is 4.21. The molecule has 0 saturated carbocycles. The molecule has 1 aliphatic heterocycles. The van der Waals surface area contributed by atoms with Crippen LogP contribution in [0.15, 0.2) is 60.7 Å². The van der Waals surface area contributed by atoms with Crippen molar-refractivity contribution < 1.29 is 22.5 Å². The van der Waals surface area contributed by atoms with E-state index in [1.807, 2.05) is 60.7 Å². The van der Waals surface area contributed by atoms with Gasteiger partial charge in [-0.05, 0) is 17.5 Å². The lowest BCUT2D eigenvalue weighted by Gasteiger charge is -2.28. The maximum atomic E-state index is 12.4. The number of hydrogen-bond donors (Lipinski definition) is 2. The van der Waals surface area contributed by atoms with Gasteiger partial charge in [0.05, 0.1) is 0 Å². The lowest BCUT2D eigenvalue weighted by molar-refractivity contribution is -0.143. The largest absolute Gasteiger partial charge is 0.442 e. The van der Waals surface area contributed by atoms with Gasteiger partial charge in [-0.2, -0.15) is 8.42 Å². The molecular weight excluding hydrogens is 342 g/mol. The normalized spacial score (nSPS) is 26.4. The Labute approximate surface area is 146 Å². The summed E-state index contributed by atoms with van der Waals surface area (Å²) in [4.78, 5) is 12.4. The summed E-state index contributed by atoms with van der Waals surface area (Å²) >= 11 is 0. The smallest absolute Gasteiger partial charge is 0.328 e. The molecule has 0 amide bonds. The first-order valence-corrected chi connectivity index (χ1v) is 9.35. The van der Waals surface area contributed by atoms with Crippen molar-refractivity contribution in [3.63, 3.8) is 0 Å². The number of benzene rings is 2. The van der Waals surface area contributed by atoms with E-state index in [0.29, 0.717) is 0 Å². The van der Waals surface area contributed by atoms with E-state index in [-0.39, 0.29) is 12.8 Å². The molecule has 3 atom stereocenters. The molecule has 1 saturated heterocycles. The average Bonchev–Trinajstić information content (AvgIpc) is 2.81. The van der Waals surface area contributed by atoms with Crippen molar-refractivity contribution in [3.8, 4) is 0 Å². The zero-order chi connectivity index (χ0) is 18.1. The van der Waals surface area contributed by atoms with Gasteiger partial charge in [0.15, 0.2) is 0 Å². The van der Waals surface area contributed by atoms with E-state index in [0.717, 1.165) is 11.1 Å². The van der Waals surface area contributed by atoms with Crippen molar-refractivity contribution >= 4 is 16.1 Å². The minimum Gasteiger partial charge on any atom is -0.442 e. The number of esters is 1. The van der Waals surface area contributed by atoms with Crippen molar-refractivity contribution in [1.29, 1.82) is 0 Å². The Morgan fingerprint density at radius 2 is 1.52 bits per heavy atom. The molecule has 0 spiro atoms. The number of carbonyl (C=O) groups is 1. The molecule has 2 aromatic rings. The van der Waals surface area contributed by atoms with Crippen LogP contribution in [0.2, 0.25) is 0 Å². The summed E-state index contributed by atoms with van der Waals surface area (Å²) in [5, 5.41) is 0. The number of cyclic esters (lactones) is 1. The molecule has 0 aromatic heterocycles. The molecule has 1 heterocycles. The summed E-state index contributed by atoms with van der Waals surface area (Å²) in [6.45, 7) is 0. The van der Waals surface area contributed by atoms with Crippen molar-refractivity contribution in [2.45, 2.75) is 23.8 Å². The van der Waals surface area contributed by atoms with Crippen molar-refractivity contribution in [3.05, 3.63) is 71.8 Å². The number of carbonyl (C=O) groups excluding carboxylic acids is 1. The van der Waals surface area contributed by atoms with Crippen LogP contribution in [0.5, 0.6) is 0 Å². The minimum atomic E-state index is -4.59. The molecule has 2 aromatic carbocycles. The lowest BCUT2D eigenvalue weighted by Crippen LogP contribution is -2.54. The first-order chi connectivity index (χ1) is 11.8. The quantitative estimate of drug-likeness (QED) is 0.618. The summed E-state index contributed by atoms with van der Waals surface area (Å²) in [5.74, 6) is -1.72. The standard InChI is InChI=1S/C18H19NO5S/c19-18(12-14-9-5-2-6-10-14)15(11-13-7-3-1-4-8-13)16(24-17(18)20)25(21,22)23/h1-10,15-16H,11-12,19H2,(H,21,22,23)/t15?,16?,18-/m1/s1. The maximum absolute atomic E-state index is 12.4. The van der Waals surface area contributed by atoms with Crippen LogP contribution in [-0.4, -0.2) is 29.9 Å². The molecule has 0 bridgehead atoms. The number of nitrogens with two attached hydrogens (primary N) is 1. The molecule has 0 aliphatic carbocycles. The summed E-state index contributed by atoms with van der Waals surface area (Å²) in [7, 11) is -4.59. The van der Waals surface area contributed by atoms with Gasteiger partial charge in [0.25, 0.3) is 0 Å². The second-order valence-corrected chi connectivity index (χ2v) is 7.78. The van der Waals surface area contributed by atoms with Gasteiger partial charge in [-0.3, -0.25) is 4.55 Å². The number of rotatable bonds is 5. The molecule has 2 unspecified atom stereocenters. The van der Waals surface area contributed by atoms with E-state index < -0.39 is 33.0 Å². The third-order valence-electron chi connectivity index (χ3n) is 4.52. The first-order valence-electron chi connectivity index (χ1n) is 7.85. The van der Waals surface area contributed by atoms with Crippen LogP contribution in [-0.2, 0) is 32.5 Å². The molecule has 25 heavy (non-hydrogen) atoms. The van der Waals surface area contributed by atoms with E-state index in [1.54, 1.807) is 0 Å². The SMILES string of the molecule is N[C@@]1(Cc2ccccc2)C(=O)OC(S(=O)(=O)O)C1Cc1ccccc1. The Hall–Kier alpha value is -2.22. The van der Waals surface area contributed by atoms with E-state index >= 15 is 0 Å². The third-order valence-corrected chi connectivity index (χ3v) is 5.54. The lowest BCUT2D eigenvalue weighted by atomic mass is 9.78. The van der Waals surface area contributed by atoms with Crippen LogP contribution in [0.25, 0.3) is 0 Å². The first kappa shape index (κ1) is 17.6. The highest BCUT2D eigenvalue weighted by atomic mass is 32.2. The Kier molecular flexibility index (Phi) is 4.64. The molecule has 132 valence electrons. The van der Waals surface area contributed by atoms with Crippen LogP contribution in [0.4, 0.5) is 0 Å². The predicted octanol–water partition coefficient (Wildman–Crippen LogP) is 1.56. The topological polar surface area (TPSA) is 107 Å². The molecule has 6 nitrogen and oxygen atoms in total. The van der Waals surface area contributed by atoms with Gasteiger partial charge < -0.3 is 10.5 Å². The fraction of sp³-hybridized carbons (Fsp3) is 0.278. The van der Waals surface area contributed by atoms with Gasteiger partial charge in [0.2, 0.25) is 5.44 Å². The van der Waals surface area contributed by atoms with Crippen molar-refractivity contribution in [1.82, 2.24) is 0 Å². The number of ether oxygens (including phenoxy) is 1. The van der Waals surface area contributed by atoms with Gasteiger partial charge in [0, 0.05) is 12.3 Å². The van der Waals surface area contributed by atoms with Gasteiger partial charge in [0.1, 0.15) is 5.54 Å². The van der Waals surface area contributed by atoms with Crippen LogP contribution in [0.1, 0.15) is 11.1 Å². The molecule has 7 heteroatoms. The second-order valence-electron chi connectivity index (χ2n) is 6.29. The van der Waals surface area contributed by atoms with E-state index in [9.17, 15) is 17.8 Å². The van der Waals surface area contributed by atoms with Gasteiger partial charge in [-0.1, -0.05) is 60.7 Å². The Morgan fingerprint density at radius 1 is 1.00 bits per heavy atom.